The summed E-state index contributed by atoms with van der Waals surface area (Å²) in [5.74, 6) is -3.06. The average molecular weight is 439 g/mol. The highest BCUT2D eigenvalue weighted by molar-refractivity contribution is 6.35. The Kier molecular flexibility index (Phi) is 6.61. The van der Waals surface area contributed by atoms with Gasteiger partial charge in [0.2, 0.25) is 0 Å². The average Bonchev–Trinajstić information content (AvgIpc) is 2.90. The van der Waals surface area contributed by atoms with Gasteiger partial charge in [0.25, 0.3) is 0 Å². The van der Waals surface area contributed by atoms with Crippen LogP contribution in [0.3, 0.4) is 0 Å². The number of nitrogens with zero attached hydrogens (tertiary/aromatic N) is 2. The van der Waals surface area contributed by atoms with E-state index in [1.54, 1.807) is 13.8 Å². The van der Waals surface area contributed by atoms with Crippen LogP contribution >= 0.6 is 11.6 Å². The first-order valence-electron chi connectivity index (χ1n) is 8.82. The number of halogens is 6. The Morgan fingerprint density at radius 1 is 1.17 bits per heavy atom. The fraction of sp³-hybridized carbons (Fsp3) is 0.474. The zero-order chi connectivity index (χ0) is 22.1. The number of benzene rings is 1. The molecular formula is C19H20ClF5N2O2. The lowest BCUT2D eigenvalue weighted by molar-refractivity contribution is -0.211. The first-order valence-corrected chi connectivity index (χ1v) is 9.20. The molecule has 4 nitrogen and oxygen atoms in total. The number of carbonyl (C=O) groups is 1. The molecule has 0 spiro atoms. The van der Waals surface area contributed by atoms with Crippen molar-refractivity contribution in [3.05, 3.63) is 40.0 Å². The number of alkyl halides is 3. The molecule has 0 aliphatic carbocycles. The molecule has 0 aliphatic rings. The van der Waals surface area contributed by atoms with Gasteiger partial charge in [-0.3, -0.25) is 4.68 Å². The van der Waals surface area contributed by atoms with E-state index in [-0.39, 0.29) is 35.1 Å². The van der Waals surface area contributed by atoms with Crippen molar-refractivity contribution >= 4 is 17.6 Å². The predicted molar refractivity (Wildman–Crippen MR) is 97.8 cm³/mol. The van der Waals surface area contributed by atoms with Gasteiger partial charge in [-0.1, -0.05) is 25.4 Å². The van der Waals surface area contributed by atoms with Crippen LogP contribution in [0.25, 0.3) is 11.3 Å². The third kappa shape index (κ3) is 4.55. The van der Waals surface area contributed by atoms with Crippen molar-refractivity contribution in [2.45, 2.75) is 46.8 Å². The molecule has 0 aliphatic heterocycles. The van der Waals surface area contributed by atoms with E-state index in [0.717, 1.165) is 30.7 Å². The third-order valence-corrected chi connectivity index (χ3v) is 4.77. The number of carbonyl (C=O) groups excluding carboxylic acids is 1. The van der Waals surface area contributed by atoms with Gasteiger partial charge < -0.3 is 4.74 Å². The topological polar surface area (TPSA) is 44.1 Å². The van der Waals surface area contributed by atoms with Crippen LogP contribution in [0.15, 0.2) is 12.1 Å². The lowest BCUT2D eigenvalue weighted by atomic mass is 9.84. The number of hydrogen-bond acceptors (Lipinski definition) is 3. The molecular weight excluding hydrogens is 419 g/mol. The SMILES string of the molecule is CCOC(=O)c1nn(CC)c(-c2c(F)cc(CC(C)(C)C(F)(F)F)cc2F)c1Cl. The van der Waals surface area contributed by atoms with Crippen LogP contribution in [-0.4, -0.2) is 28.5 Å². The molecule has 1 aromatic carbocycles. The Morgan fingerprint density at radius 2 is 1.72 bits per heavy atom. The highest BCUT2D eigenvalue weighted by Crippen LogP contribution is 2.41. The van der Waals surface area contributed by atoms with E-state index >= 15 is 0 Å². The molecule has 29 heavy (non-hydrogen) atoms. The van der Waals surface area contributed by atoms with Crippen LogP contribution in [-0.2, 0) is 17.7 Å². The Morgan fingerprint density at radius 3 is 2.17 bits per heavy atom. The Balaban J connectivity index is 2.56. The zero-order valence-corrected chi connectivity index (χ0v) is 17.0. The van der Waals surface area contributed by atoms with Crippen molar-refractivity contribution in [2.75, 3.05) is 6.61 Å². The van der Waals surface area contributed by atoms with Crippen LogP contribution in [0.1, 0.15) is 43.7 Å². The van der Waals surface area contributed by atoms with Gasteiger partial charge >= 0.3 is 12.1 Å². The van der Waals surface area contributed by atoms with Crippen LogP contribution in [0.5, 0.6) is 0 Å². The summed E-state index contributed by atoms with van der Waals surface area (Å²) in [6.07, 6.45) is -5.16. The van der Waals surface area contributed by atoms with Gasteiger partial charge in [0.05, 0.1) is 23.3 Å². The molecule has 1 heterocycles. The van der Waals surface area contributed by atoms with Gasteiger partial charge in [-0.25, -0.2) is 13.6 Å². The van der Waals surface area contributed by atoms with Crippen LogP contribution < -0.4 is 0 Å². The minimum atomic E-state index is -4.54. The van der Waals surface area contributed by atoms with E-state index in [4.69, 9.17) is 16.3 Å². The maximum absolute atomic E-state index is 14.8. The molecule has 2 rings (SSSR count). The number of rotatable bonds is 6. The summed E-state index contributed by atoms with van der Waals surface area (Å²) in [4.78, 5) is 12.0. The number of hydrogen-bond donors (Lipinski definition) is 0. The zero-order valence-electron chi connectivity index (χ0n) is 16.3. The maximum atomic E-state index is 14.8. The van der Waals surface area contributed by atoms with Gasteiger partial charge in [-0.2, -0.15) is 18.3 Å². The smallest absolute Gasteiger partial charge is 0.394 e. The molecule has 0 atom stereocenters. The van der Waals surface area contributed by atoms with E-state index in [1.165, 1.54) is 0 Å². The van der Waals surface area contributed by atoms with Crippen molar-refractivity contribution in [3.63, 3.8) is 0 Å². The fourth-order valence-corrected chi connectivity index (χ4v) is 3.11. The van der Waals surface area contributed by atoms with Crippen molar-refractivity contribution in [3.8, 4) is 11.3 Å². The summed E-state index contributed by atoms with van der Waals surface area (Å²) in [5, 5.41) is 3.65. The summed E-state index contributed by atoms with van der Waals surface area (Å²) >= 11 is 6.16. The van der Waals surface area contributed by atoms with E-state index in [9.17, 15) is 26.7 Å². The summed E-state index contributed by atoms with van der Waals surface area (Å²) in [7, 11) is 0. The van der Waals surface area contributed by atoms with Crippen molar-refractivity contribution in [1.29, 1.82) is 0 Å². The summed E-state index contributed by atoms with van der Waals surface area (Å²) < 4.78 is 74.8. The molecule has 0 N–H and O–H groups in total. The number of esters is 1. The molecule has 0 bridgehead atoms. The van der Waals surface area contributed by atoms with E-state index < -0.39 is 41.2 Å². The first kappa shape index (κ1) is 23.1. The summed E-state index contributed by atoms with van der Waals surface area (Å²) in [5.41, 5.74) is -3.39. The minimum absolute atomic E-state index is 0.0515. The lowest BCUT2D eigenvalue weighted by Crippen LogP contribution is -2.34. The lowest BCUT2D eigenvalue weighted by Gasteiger charge is -2.27. The van der Waals surface area contributed by atoms with Gasteiger partial charge in [0, 0.05) is 6.54 Å². The molecule has 10 heteroatoms. The fourth-order valence-electron chi connectivity index (χ4n) is 2.80. The second-order valence-electron chi connectivity index (χ2n) is 7.04. The molecule has 0 unspecified atom stereocenters. The number of aryl methyl sites for hydroxylation is 1. The normalized spacial score (nSPS) is 12.3. The Hall–Kier alpha value is -2.16. The Labute approximate surface area is 169 Å². The molecule has 0 amide bonds. The minimum Gasteiger partial charge on any atom is -0.461 e. The summed E-state index contributed by atoms with van der Waals surface area (Å²) in [6.45, 7) is 5.28. The second-order valence-corrected chi connectivity index (χ2v) is 7.42. The third-order valence-electron chi connectivity index (χ3n) is 4.42. The van der Waals surface area contributed by atoms with Gasteiger partial charge in [0.15, 0.2) is 5.69 Å². The van der Waals surface area contributed by atoms with E-state index in [0.29, 0.717) is 0 Å². The second kappa shape index (κ2) is 8.30. The van der Waals surface area contributed by atoms with Crippen LogP contribution in [0.2, 0.25) is 5.02 Å². The largest absolute Gasteiger partial charge is 0.461 e. The van der Waals surface area contributed by atoms with Crippen molar-refractivity contribution < 1.29 is 31.5 Å². The monoisotopic (exact) mass is 438 g/mol. The van der Waals surface area contributed by atoms with Gasteiger partial charge in [0.1, 0.15) is 16.7 Å². The highest BCUT2D eigenvalue weighted by atomic mass is 35.5. The quantitative estimate of drug-likeness (QED) is 0.422. The molecule has 1 aromatic heterocycles. The molecule has 0 saturated carbocycles. The first-order chi connectivity index (χ1) is 13.3. The molecule has 160 valence electrons. The standard InChI is InChI=1S/C19H20ClF5N2O2/c1-5-27-16(14(20)15(26-27)17(28)29-6-2)13-11(21)7-10(8-12(13)22)9-18(3,4)19(23,24)25/h7-8H,5-6,9H2,1-4H3. The molecule has 0 fully saturated rings. The van der Waals surface area contributed by atoms with E-state index in [2.05, 4.69) is 5.10 Å². The maximum Gasteiger partial charge on any atom is 0.394 e. The van der Waals surface area contributed by atoms with Crippen molar-refractivity contribution in [2.24, 2.45) is 5.41 Å². The number of ether oxygens (including phenoxy) is 1. The predicted octanol–water partition coefficient (Wildman–Crippen LogP) is 5.81. The molecule has 0 saturated heterocycles. The van der Waals surface area contributed by atoms with E-state index in [1.807, 2.05) is 0 Å². The highest BCUT2D eigenvalue weighted by Gasteiger charge is 2.47. The van der Waals surface area contributed by atoms with Crippen LogP contribution in [0, 0.1) is 17.0 Å². The van der Waals surface area contributed by atoms with Gasteiger partial charge in [-0.05, 0) is 38.0 Å². The van der Waals surface area contributed by atoms with Gasteiger partial charge in [-0.15, -0.1) is 0 Å². The number of aromatic nitrogens is 2. The Bertz CT molecular complexity index is 899. The summed E-state index contributed by atoms with van der Waals surface area (Å²) in [6, 6.07) is 1.67. The van der Waals surface area contributed by atoms with Crippen LogP contribution in [0.4, 0.5) is 22.0 Å². The molecule has 2 aromatic rings. The molecule has 0 radical (unpaired) electrons. The van der Waals surface area contributed by atoms with Crippen molar-refractivity contribution in [1.82, 2.24) is 9.78 Å².